The van der Waals surface area contributed by atoms with E-state index in [-0.39, 0.29) is 18.0 Å². The van der Waals surface area contributed by atoms with Crippen molar-refractivity contribution < 1.29 is 4.79 Å². The first-order valence-corrected chi connectivity index (χ1v) is 18.7. The fraction of sp³-hybridized carbons (Fsp3) is 0.317. The molecule has 0 N–H and O–H groups in total. The summed E-state index contributed by atoms with van der Waals surface area (Å²) >= 11 is 1.86. The van der Waals surface area contributed by atoms with Gasteiger partial charge in [0.25, 0.3) is 0 Å². The summed E-state index contributed by atoms with van der Waals surface area (Å²) in [5, 5.41) is 4.85. The largest absolute Gasteiger partial charge is 0.354 e. The van der Waals surface area contributed by atoms with Crippen molar-refractivity contribution in [3.63, 3.8) is 0 Å². The van der Waals surface area contributed by atoms with Gasteiger partial charge in [-0.25, -0.2) is 4.68 Å². The molecule has 0 saturated carbocycles. The molecule has 0 radical (unpaired) electrons. The number of hydrogen-bond donors (Lipinski definition) is 0. The van der Waals surface area contributed by atoms with Crippen molar-refractivity contribution in [2.45, 2.75) is 31.0 Å². The highest BCUT2D eigenvalue weighted by atomic mass is 32.2. The topological polar surface area (TPSA) is 47.9 Å². The molecule has 0 aliphatic carbocycles. The molecule has 2 atom stereocenters. The quantitative estimate of drug-likeness (QED) is 0.182. The summed E-state index contributed by atoms with van der Waals surface area (Å²) in [7, 11) is 0. The molecular formula is C41H44N6OS. The van der Waals surface area contributed by atoms with Gasteiger partial charge in [-0.3, -0.25) is 14.6 Å². The number of nitrogens with zero attached hydrogens (tertiary/aromatic N) is 6. The predicted molar refractivity (Wildman–Crippen MR) is 199 cm³/mol. The number of benzene rings is 4. The lowest BCUT2D eigenvalue weighted by Crippen LogP contribution is -2.56. The van der Waals surface area contributed by atoms with Crippen LogP contribution in [0, 0.1) is 6.92 Å². The second-order valence-corrected chi connectivity index (χ2v) is 14.5. The molecule has 8 rings (SSSR count). The summed E-state index contributed by atoms with van der Waals surface area (Å²) in [4.78, 5) is 24.5. The van der Waals surface area contributed by atoms with E-state index >= 15 is 0 Å². The van der Waals surface area contributed by atoms with Crippen molar-refractivity contribution in [3.05, 3.63) is 150 Å². The molecule has 250 valence electrons. The Morgan fingerprint density at radius 1 is 0.735 bits per heavy atom. The number of carbonyl (C=O) groups excluding carboxylic acids is 1. The van der Waals surface area contributed by atoms with Gasteiger partial charge in [0, 0.05) is 57.1 Å². The van der Waals surface area contributed by atoms with E-state index in [2.05, 4.69) is 153 Å². The van der Waals surface area contributed by atoms with Crippen LogP contribution in [0.15, 0.2) is 127 Å². The molecule has 5 aromatic rings. The monoisotopic (exact) mass is 668 g/mol. The third-order valence-electron chi connectivity index (χ3n) is 10.6. The van der Waals surface area contributed by atoms with Crippen LogP contribution >= 0.6 is 11.8 Å². The van der Waals surface area contributed by atoms with Crippen LogP contribution in [0.1, 0.15) is 28.8 Å². The average molecular weight is 669 g/mol. The minimum absolute atomic E-state index is 0.246. The minimum Gasteiger partial charge on any atom is -0.354 e. The SMILES string of the molecule is Cc1cc(N2CCN([C@H]3C[C@@H](C(=O)N4CCSC4)N(C(c4ccccc4)(c4ccccc4)c4ccccc4)C3)CC2)n(-c2ccccc2)n1. The molecule has 0 spiro atoms. The van der Waals surface area contributed by atoms with Crippen LogP contribution < -0.4 is 4.90 Å². The molecule has 3 aliphatic heterocycles. The molecule has 4 heterocycles. The standard InChI is InChI=1S/C41H44N6OS/c1-32-28-39(47(42-32)36-20-12-5-13-21-36)44-24-22-43(23-25-44)37-29-38(40(48)45-26-27-49-31-45)46(30-37)41(33-14-6-2-7-15-33,34-16-8-3-9-17-34)35-18-10-4-11-19-35/h2-21,28,37-38H,22-27,29-31H2,1H3/t37-,38-/m0/s1. The van der Waals surface area contributed by atoms with Crippen LogP contribution in [-0.4, -0.2) is 93.4 Å². The Hall–Kier alpha value is -4.37. The summed E-state index contributed by atoms with van der Waals surface area (Å²) < 4.78 is 2.08. The highest BCUT2D eigenvalue weighted by molar-refractivity contribution is 7.99. The fourth-order valence-electron chi connectivity index (χ4n) is 8.30. The first-order chi connectivity index (χ1) is 24.1. The van der Waals surface area contributed by atoms with Crippen molar-refractivity contribution >= 4 is 23.5 Å². The number of carbonyl (C=O) groups is 1. The molecule has 0 bridgehead atoms. The van der Waals surface area contributed by atoms with E-state index in [0.29, 0.717) is 0 Å². The van der Waals surface area contributed by atoms with Gasteiger partial charge in [-0.2, -0.15) is 5.10 Å². The van der Waals surface area contributed by atoms with Gasteiger partial charge >= 0.3 is 0 Å². The minimum atomic E-state index is -0.632. The number of hydrogen-bond acceptors (Lipinski definition) is 6. The lowest BCUT2D eigenvalue weighted by Gasteiger charge is -2.47. The summed E-state index contributed by atoms with van der Waals surface area (Å²) in [5.41, 5.74) is 5.05. The van der Waals surface area contributed by atoms with Crippen molar-refractivity contribution in [1.29, 1.82) is 0 Å². The Balaban J connectivity index is 1.15. The van der Waals surface area contributed by atoms with Crippen molar-refractivity contribution in [2.24, 2.45) is 0 Å². The second-order valence-electron chi connectivity index (χ2n) is 13.4. The average Bonchev–Trinajstić information content (AvgIpc) is 3.95. The summed E-state index contributed by atoms with van der Waals surface area (Å²) in [6, 6.07) is 45.2. The van der Waals surface area contributed by atoms with Gasteiger partial charge < -0.3 is 9.80 Å². The van der Waals surface area contributed by atoms with Crippen molar-refractivity contribution in [1.82, 2.24) is 24.5 Å². The van der Waals surface area contributed by atoms with Crippen LogP contribution in [0.4, 0.5) is 5.82 Å². The number of amides is 1. The third-order valence-corrected chi connectivity index (χ3v) is 11.6. The van der Waals surface area contributed by atoms with Gasteiger partial charge in [0.05, 0.1) is 28.8 Å². The third kappa shape index (κ3) is 5.96. The summed E-state index contributed by atoms with van der Waals surface area (Å²) in [6.45, 7) is 7.40. The zero-order chi connectivity index (χ0) is 33.2. The van der Waals surface area contributed by atoms with E-state index in [4.69, 9.17) is 5.10 Å². The Labute approximate surface area is 294 Å². The number of anilines is 1. The number of aryl methyl sites for hydroxylation is 1. The number of aromatic nitrogens is 2. The highest BCUT2D eigenvalue weighted by Crippen LogP contribution is 2.47. The normalized spacial score (nSPS) is 20.6. The first-order valence-electron chi connectivity index (χ1n) is 17.5. The lowest BCUT2D eigenvalue weighted by atomic mass is 9.75. The van der Waals surface area contributed by atoms with E-state index in [1.807, 2.05) is 17.8 Å². The summed E-state index contributed by atoms with van der Waals surface area (Å²) in [5.74, 6) is 3.19. The summed E-state index contributed by atoms with van der Waals surface area (Å²) in [6.07, 6.45) is 0.815. The molecular weight excluding hydrogens is 625 g/mol. The number of piperazine rings is 1. The van der Waals surface area contributed by atoms with Gasteiger partial charge in [0.15, 0.2) is 0 Å². The fourth-order valence-corrected chi connectivity index (χ4v) is 9.26. The van der Waals surface area contributed by atoms with Gasteiger partial charge in [0.2, 0.25) is 5.91 Å². The predicted octanol–water partition coefficient (Wildman–Crippen LogP) is 6.27. The van der Waals surface area contributed by atoms with E-state index in [1.165, 1.54) is 16.7 Å². The molecule has 7 nitrogen and oxygen atoms in total. The van der Waals surface area contributed by atoms with Gasteiger partial charge in [0.1, 0.15) is 5.82 Å². The van der Waals surface area contributed by atoms with Crippen LogP contribution in [0.5, 0.6) is 0 Å². The molecule has 1 aromatic heterocycles. The Morgan fingerprint density at radius 2 is 1.29 bits per heavy atom. The van der Waals surface area contributed by atoms with Gasteiger partial charge in [-0.15, -0.1) is 11.8 Å². The number of thioether (sulfide) groups is 1. The number of para-hydroxylation sites is 1. The van der Waals surface area contributed by atoms with E-state index in [0.717, 1.165) is 74.5 Å². The molecule has 0 unspecified atom stereocenters. The van der Waals surface area contributed by atoms with Crippen LogP contribution in [0.25, 0.3) is 5.69 Å². The number of likely N-dealkylation sites (tertiary alicyclic amines) is 1. The van der Waals surface area contributed by atoms with Crippen LogP contribution in [-0.2, 0) is 10.3 Å². The van der Waals surface area contributed by atoms with Crippen molar-refractivity contribution in [3.8, 4) is 5.69 Å². The molecule has 1 amide bonds. The van der Waals surface area contributed by atoms with Crippen LogP contribution in [0.3, 0.4) is 0 Å². The molecule has 3 saturated heterocycles. The second kappa shape index (κ2) is 13.9. The maximum absolute atomic E-state index is 14.7. The van der Waals surface area contributed by atoms with Gasteiger partial charge in [-0.1, -0.05) is 109 Å². The Morgan fingerprint density at radius 3 is 1.82 bits per heavy atom. The zero-order valence-electron chi connectivity index (χ0n) is 28.1. The van der Waals surface area contributed by atoms with E-state index < -0.39 is 5.54 Å². The molecule has 3 aliphatic rings. The zero-order valence-corrected chi connectivity index (χ0v) is 29.0. The van der Waals surface area contributed by atoms with Crippen molar-refractivity contribution in [2.75, 3.05) is 55.8 Å². The first kappa shape index (κ1) is 31.9. The van der Waals surface area contributed by atoms with Gasteiger partial charge in [-0.05, 0) is 42.2 Å². The molecule has 49 heavy (non-hydrogen) atoms. The Bertz CT molecular complexity index is 1740. The van der Waals surface area contributed by atoms with Crippen LogP contribution in [0.2, 0.25) is 0 Å². The molecule has 3 fully saturated rings. The molecule has 8 heteroatoms. The smallest absolute Gasteiger partial charge is 0.240 e. The molecule has 4 aromatic carbocycles. The maximum atomic E-state index is 14.7. The van der Waals surface area contributed by atoms with E-state index in [1.54, 1.807) is 0 Å². The maximum Gasteiger partial charge on any atom is 0.240 e. The lowest BCUT2D eigenvalue weighted by molar-refractivity contribution is -0.135. The van der Waals surface area contributed by atoms with E-state index in [9.17, 15) is 4.79 Å². The highest BCUT2D eigenvalue weighted by Gasteiger charge is 2.53. The number of rotatable bonds is 8. The Kier molecular flexibility index (Phi) is 9.02.